The van der Waals surface area contributed by atoms with Crippen LogP contribution >= 0.6 is 0 Å². The number of benzene rings is 3. The van der Waals surface area contributed by atoms with Crippen LogP contribution in [-0.2, 0) is 4.79 Å². The van der Waals surface area contributed by atoms with Crippen molar-refractivity contribution in [2.75, 3.05) is 12.4 Å². The molecular weight excluding hydrogens is 386 g/mol. The summed E-state index contributed by atoms with van der Waals surface area (Å²) in [6.45, 7) is 2.05. The van der Waals surface area contributed by atoms with E-state index in [9.17, 15) is 4.79 Å². The highest BCUT2D eigenvalue weighted by Crippen LogP contribution is 2.44. The number of nitrogens with zero attached hydrogens (tertiary/aromatic N) is 2. The van der Waals surface area contributed by atoms with Crippen molar-refractivity contribution in [3.8, 4) is 22.7 Å². The fraction of sp³-hybridized carbons (Fsp3) is 0.154. The molecule has 0 fully saturated rings. The number of hydrogen-bond donors (Lipinski definition) is 1. The van der Waals surface area contributed by atoms with Crippen LogP contribution < -0.4 is 10.1 Å². The van der Waals surface area contributed by atoms with Gasteiger partial charge in [-0.1, -0.05) is 60.2 Å². The molecule has 2 heterocycles. The van der Waals surface area contributed by atoms with Crippen molar-refractivity contribution >= 4 is 11.7 Å². The smallest absolute Gasteiger partial charge is 0.226 e. The first kappa shape index (κ1) is 19.1. The molecule has 4 aromatic rings. The molecule has 1 unspecified atom stereocenters. The van der Waals surface area contributed by atoms with E-state index in [2.05, 4.69) is 36.5 Å². The van der Waals surface area contributed by atoms with Crippen LogP contribution in [0.1, 0.15) is 29.0 Å². The summed E-state index contributed by atoms with van der Waals surface area (Å²) in [4.78, 5) is 12.7. The van der Waals surface area contributed by atoms with Gasteiger partial charge in [-0.05, 0) is 36.8 Å². The van der Waals surface area contributed by atoms with Crippen molar-refractivity contribution in [2.45, 2.75) is 19.3 Å². The van der Waals surface area contributed by atoms with E-state index in [4.69, 9.17) is 9.84 Å². The van der Waals surface area contributed by atoms with E-state index in [0.717, 1.165) is 39.6 Å². The number of carbonyl (C=O) groups is 1. The standard InChI is InChI=1S/C26H23N3O2/c1-17-8-12-20(13-9-17)29-26-24(25(28-29)19-6-4-3-5-7-19)22(16-23(30)27-26)18-10-14-21(31-2)15-11-18/h3-15,22H,16H2,1-2H3,(H,27,30). The predicted molar refractivity (Wildman–Crippen MR) is 122 cm³/mol. The Kier molecular flexibility index (Phi) is 4.79. The van der Waals surface area contributed by atoms with Crippen molar-refractivity contribution in [1.29, 1.82) is 0 Å². The zero-order chi connectivity index (χ0) is 21.4. The van der Waals surface area contributed by atoms with Crippen LogP contribution in [0.2, 0.25) is 0 Å². The van der Waals surface area contributed by atoms with Gasteiger partial charge in [-0.15, -0.1) is 0 Å². The van der Waals surface area contributed by atoms with Gasteiger partial charge in [0.2, 0.25) is 5.91 Å². The Labute approximate surface area is 181 Å². The van der Waals surface area contributed by atoms with Crippen molar-refractivity contribution < 1.29 is 9.53 Å². The first-order chi connectivity index (χ1) is 15.1. The maximum atomic E-state index is 12.7. The van der Waals surface area contributed by atoms with Crippen LogP contribution in [0, 0.1) is 6.92 Å². The summed E-state index contributed by atoms with van der Waals surface area (Å²) in [6, 6.07) is 26.2. The molecule has 5 rings (SSSR count). The second-order valence-electron chi connectivity index (χ2n) is 7.80. The number of aryl methyl sites for hydroxylation is 1. The average Bonchev–Trinajstić information content (AvgIpc) is 3.19. The van der Waals surface area contributed by atoms with Gasteiger partial charge in [0, 0.05) is 23.5 Å². The Morgan fingerprint density at radius 3 is 2.35 bits per heavy atom. The molecule has 5 heteroatoms. The number of carbonyl (C=O) groups excluding carboxylic acids is 1. The highest BCUT2D eigenvalue weighted by atomic mass is 16.5. The molecule has 0 radical (unpaired) electrons. The van der Waals surface area contributed by atoms with E-state index in [1.165, 1.54) is 5.56 Å². The van der Waals surface area contributed by atoms with Crippen LogP contribution in [0.4, 0.5) is 5.82 Å². The lowest BCUT2D eigenvalue weighted by molar-refractivity contribution is -0.116. The number of ether oxygens (including phenoxy) is 1. The molecule has 31 heavy (non-hydrogen) atoms. The largest absolute Gasteiger partial charge is 0.497 e. The number of methoxy groups -OCH3 is 1. The molecule has 1 aliphatic rings. The van der Waals surface area contributed by atoms with Gasteiger partial charge in [-0.25, -0.2) is 4.68 Å². The molecule has 1 amide bonds. The van der Waals surface area contributed by atoms with Gasteiger partial charge in [-0.3, -0.25) is 4.79 Å². The highest BCUT2D eigenvalue weighted by Gasteiger charge is 2.34. The molecule has 3 aromatic carbocycles. The van der Waals surface area contributed by atoms with E-state index in [1.807, 2.05) is 59.3 Å². The molecule has 154 valence electrons. The molecule has 0 saturated heterocycles. The summed E-state index contributed by atoms with van der Waals surface area (Å²) >= 11 is 0. The monoisotopic (exact) mass is 409 g/mol. The number of rotatable bonds is 4. The quantitative estimate of drug-likeness (QED) is 0.496. The van der Waals surface area contributed by atoms with Gasteiger partial charge < -0.3 is 10.1 Å². The van der Waals surface area contributed by atoms with Crippen LogP contribution in [0.5, 0.6) is 5.75 Å². The Bertz CT molecular complexity index is 1230. The topological polar surface area (TPSA) is 56.1 Å². The first-order valence-corrected chi connectivity index (χ1v) is 10.3. The molecule has 5 nitrogen and oxygen atoms in total. The van der Waals surface area contributed by atoms with Gasteiger partial charge in [0.1, 0.15) is 11.6 Å². The Morgan fingerprint density at radius 2 is 1.68 bits per heavy atom. The zero-order valence-corrected chi connectivity index (χ0v) is 17.5. The number of anilines is 1. The van der Waals surface area contributed by atoms with E-state index in [-0.39, 0.29) is 11.8 Å². The maximum absolute atomic E-state index is 12.7. The summed E-state index contributed by atoms with van der Waals surface area (Å²) in [6.07, 6.45) is 0.374. The fourth-order valence-electron chi connectivity index (χ4n) is 4.15. The van der Waals surface area contributed by atoms with Crippen LogP contribution in [-0.4, -0.2) is 22.8 Å². The Morgan fingerprint density at radius 1 is 0.968 bits per heavy atom. The third-order valence-corrected chi connectivity index (χ3v) is 5.76. The summed E-state index contributed by atoms with van der Waals surface area (Å²) in [5.41, 5.74) is 6.11. The summed E-state index contributed by atoms with van der Waals surface area (Å²) < 4.78 is 7.17. The molecule has 1 aliphatic heterocycles. The van der Waals surface area contributed by atoms with Gasteiger partial charge in [0.05, 0.1) is 18.5 Å². The van der Waals surface area contributed by atoms with E-state index < -0.39 is 0 Å². The highest BCUT2D eigenvalue weighted by molar-refractivity contribution is 5.96. The van der Waals surface area contributed by atoms with E-state index >= 15 is 0 Å². The van der Waals surface area contributed by atoms with Gasteiger partial charge in [0.15, 0.2) is 0 Å². The van der Waals surface area contributed by atoms with Gasteiger partial charge in [0.25, 0.3) is 0 Å². The molecule has 0 bridgehead atoms. The Balaban J connectivity index is 1.73. The maximum Gasteiger partial charge on any atom is 0.226 e. The molecule has 0 saturated carbocycles. The fourth-order valence-corrected chi connectivity index (χ4v) is 4.15. The average molecular weight is 409 g/mol. The zero-order valence-electron chi connectivity index (χ0n) is 17.5. The van der Waals surface area contributed by atoms with Gasteiger partial charge >= 0.3 is 0 Å². The molecule has 1 N–H and O–H groups in total. The van der Waals surface area contributed by atoms with Crippen LogP contribution in [0.3, 0.4) is 0 Å². The molecular formula is C26H23N3O2. The lowest BCUT2D eigenvalue weighted by Gasteiger charge is -2.25. The molecule has 1 atom stereocenters. The minimum atomic E-state index is -0.0935. The van der Waals surface area contributed by atoms with Crippen molar-refractivity contribution in [1.82, 2.24) is 9.78 Å². The third kappa shape index (κ3) is 3.48. The lowest BCUT2D eigenvalue weighted by atomic mass is 9.84. The van der Waals surface area contributed by atoms with Gasteiger partial charge in [-0.2, -0.15) is 5.10 Å². The first-order valence-electron chi connectivity index (χ1n) is 10.3. The second-order valence-corrected chi connectivity index (χ2v) is 7.80. The van der Waals surface area contributed by atoms with Crippen molar-refractivity contribution in [3.05, 3.63) is 95.6 Å². The van der Waals surface area contributed by atoms with E-state index in [1.54, 1.807) is 7.11 Å². The molecule has 0 spiro atoms. The minimum absolute atomic E-state index is 0.0128. The normalized spacial score (nSPS) is 15.3. The number of fused-ring (bicyclic) bond motifs is 1. The third-order valence-electron chi connectivity index (χ3n) is 5.76. The second kappa shape index (κ2) is 7.76. The molecule has 0 aliphatic carbocycles. The minimum Gasteiger partial charge on any atom is -0.497 e. The van der Waals surface area contributed by atoms with Crippen LogP contribution in [0.25, 0.3) is 16.9 Å². The lowest BCUT2D eigenvalue weighted by Crippen LogP contribution is -2.24. The SMILES string of the molecule is COc1ccc(C2CC(=O)Nc3c2c(-c2ccccc2)nn3-c2ccc(C)cc2)cc1. The van der Waals surface area contributed by atoms with Crippen molar-refractivity contribution in [2.24, 2.45) is 0 Å². The number of aromatic nitrogens is 2. The van der Waals surface area contributed by atoms with E-state index in [0.29, 0.717) is 6.42 Å². The number of hydrogen-bond acceptors (Lipinski definition) is 3. The van der Waals surface area contributed by atoms with Crippen LogP contribution in [0.15, 0.2) is 78.9 Å². The number of amides is 1. The Hall–Kier alpha value is -3.86. The summed E-state index contributed by atoms with van der Waals surface area (Å²) in [7, 11) is 1.65. The summed E-state index contributed by atoms with van der Waals surface area (Å²) in [5, 5.41) is 8.07. The van der Waals surface area contributed by atoms with Crippen molar-refractivity contribution in [3.63, 3.8) is 0 Å². The number of nitrogens with one attached hydrogen (secondary N) is 1. The predicted octanol–water partition coefficient (Wildman–Crippen LogP) is 5.33. The molecule has 1 aromatic heterocycles. The summed E-state index contributed by atoms with van der Waals surface area (Å²) in [5.74, 6) is 1.42.